The van der Waals surface area contributed by atoms with E-state index in [0.717, 1.165) is 30.5 Å². The van der Waals surface area contributed by atoms with Crippen molar-refractivity contribution in [3.63, 3.8) is 0 Å². The van der Waals surface area contributed by atoms with E-state index < -0.39 is 5.82 Å². The van der Waals surface area contributed by atoms with Crippen molar-refractivity contribution in [2.45, 2.75) is 32.6 Å². The highest BCUT2D eigenvalue weighted by molar-refractivity contribution is 5.49. The standard InChI is InChI=1S/C16H19FO2/c1-9(2)12-5-4-10(3)6-13(12)16-14(18)7-11(17)8-15(16)19/h6-8,12-13,18-19H,1,4-5H2,2-3H3. The van der Waals surface area contributed by atoms with Gasteiger partial charge in [0.1, 0.15) is 17.3 Å². The molecule has 2 unspecified atom stereocenters. The lowest BCUT2D eigenvalue weighted by molar-refractivity contribution is 0.401. The van der Waals surface area contributed by atoms with Gasteiger partial charge in [-0.1, -0.05) is 23.8 Å². The zero-order valence-corrected chi connectivity index (χ0v) is 11.3. The Kier molecular flexibility index (Phi) is 3.65. The summed E-state index contributed by atoms with van der Waals surface area (Å²) in [6, 6.07) is 2.09. The first-order valence-corrected chi connectivity index (χ1v) is 6.44. The summed E-state index contributed by atoms with van der Waals surface area (Å²) in [7, 11) is 0. The van der Waals surface area contributed by atoms with Crippen molar-refractivity contribution in [1.29, 1.82) is 0 Å². The van der Waals surface area contributed by atoms with Crippen LogP contribution in [0.5, 0.6) is 11.5 Å². The van der Waals surface area contributed by atoms with E-state index in [1.807, 2.05) is 19.9 Å². The summed E-state index contributed by atoms with van der Waals surface area (Å²) in [5.74, 6) is -1.01. The molecule has 102 valence electrons. The quantitative estimate of drug-likeness (QED) is 0.782. The fraction of sp³-hybridized carbons (Fsp3) is 0.375. The van der Waals surface area contributed by atoms with Crippen LogP contribution in [0, 0.1) is 11.7 Å². The van der Waals surface area contributed by atoms with Crippen LogP contribution < -0.4 is 0 Å². The molecule has 2 rings (SSSR count). The Hall–Kier alpha value is -1.77. The number of hydrogen-bond acceptors (Lipinski definition) is 2. The smallest absolute Gasteiger partial charge is 0.130 e. The molecule has 1 aromatic carbocycles. The van der Waals surface area contributed by atoms with Gasteiger partial charge < -0.3 is 10.2 Å². The monoisotopic (exact) mass is 262 g/mol. The van der Waals surface area contributed by atoms with Gasteiger partial charge in [0, 0.05) is 23.6 Å². The fourth-order valence-corrected chi connectivity index (χ4v) is 2.84. The first-order valence-electron chi connectivity index (χ1n) is 6.44. The number of aromatic hydroxyl groups is 2. The maximum atomic E-state index is 13.2. The van der Waals surface area contributed by atoms with Crippen LogP contribution in [0.15, 0.2) is 35.9 Å². The van der Waals surface area contributed by atoms with Crippen LogP contribution >= 0.6 is 0 Å². The maximum Gasteiger partial charge on any atom is 0.130 e. The molecule has 1 aliphatic carbocycles. The second-order valence-corrected chi connectivity index (χ2v) is 5.39. The second-order valence-electron chi connectivity index (χ2n) is 5.39. The molecular formula is C16H19FO2. The van der Waals surface area contributed by atoms with Crippen LogP contribution in [0.4, 0.5) is 4.39 Å². The van der Waals surface area contributed by atoms with E-state index in [9.17, 15) is 14.6 Å². The van der Waals surface area contributed by atoms with Gasteiger partial charge in [-0.3, -0.25) is 0 Å². The molecule has 1 aliphatic rings. The highest BCUT2D eigenvalue weighted by Gasteiger charge is 2.30. The van der Waals surface area contributed by atoms with Crippen molar-refractivity contribution in [3.8, 4) is 11.5 Å². The van der Waals surface area contributed by atoms with E-state index in [0.29, 0.717) is 5.56 Å². The van der Waals surface area contributed by atoms with Gasteiger partial charge in [0.05, 0.1) is 0 Å². The van der Waals surface area contributed by atoms with E-state index >= 15 is 0 Å². The molecule has 1 aromatic rings. The maximum absolute atomic E-state index is 13.2. The van der Waals surface area contributed by atoms with Crippen LogP contribution in [-0.4, -0.2) is 10.2 Å². The van der Waals surface area contributed by atoms with Gasteiger partial charge in [-0.05, 0) is 32.6 Å². The highest BCUT2D eigenvalue weighted by atomic mass is 19.1. The summed E-state index contributed by atoms with van der Waals surface area (Å²) in [5, 5.41) is 19.9. The average molecular weight is 262 g/mol. The highest BCUT2D eigenvalue weighted by Crippen LogP contribution is 2.46. The zero-order valence-electron chi connectivity index (χ0n) is 11.3. The average Bonchev–Trinajstić information content (AvgIpc) is 2.27. The summed E-state index contributed by atoms with van der Waals surface area (Å²) in [6.45, 7) is 7.97. The van der Waals surface area contributed by atoms with Crippen molar-refractivity contribution in [1.82, 2.24) is 0 Å². The van der Waals surface area contributed by atoms with E-state index in [1.54, 1.807) is 0 Å². The van der Waals surface area contributed by atoms with Crippen LogP contribution in [0.3, 0.4) is 0 Å². The molecule has 0 aromatic heterocycles. The van der Waals surface area contributed by atoms with Crippen molar-refractivity contribution < 1.29 is 14.6 Å². The van der Waals surface area contributed by atoms with Crippen LogP contribution in [0.2, 0.25) is 0 Å². The Morgan fingerprint density at radius 2 is 1.89 bits per heavy atom. The molecule has 3 heteroatoms. The molecule has 0 aliphatic heterocycles. The normalized spacial score (nSPS) is 23.0. The van der Waals surface area contributed by atoms with Crippen LogP contribution in [0.1, 0.15) is 38.2 Å². The number of rotatable bonds is 2. The molecular weight excluding hydrogens is 243 g/mol. The predicted octanol–water partition coefficient (Wildman–Crippen LogP) is 4.25. The third-order valence-corrected chi connectivity index (χ3v) is 3.81. The molecule has 2 nitrogen and oxygen atoms in total. The number of benzene rings is 1. The SMILES string of the molecule is C=C(C)C1CCC(C)=CC1c1c(O)cc(F)cc1O. The molecule has 0 amide bonds. The molecule has 2 N–H and O–H groups in total. The van der Waals surface area contributed by atoms with E-state index in [-0.39, 0.29) is 23.3 Å². The Balaban J connectivity index is 2.54. The molecule has 0 fully saturated rings. The predicted molar refractivity (Wildman–Crippen MR) is 73.8 cm³/mol. The minimum absolute atomic E-state index is 0.146. The zero-order chi connectivity index (χ0) is 14.2. The fourth-order valence-electron chi connectivity index (χ4n) is 2.84. The van der Waals surface area contributed by atoms with E-state index in [4.69, 9.17) is 0 Å². The van der Waals surface area contributed by atoms with Gasteiger partial charge in [0.2, 0.25) is 0 Å². The molecule has 0 heterocycles. The first kappa shape index (κ1) is 13.7. The van der Waals surface area contributed by atoms with Crippen LogP contribution in [-0.2, 0) is 0 Å². The van der Waals surface area contributed by atoms with Gasteiger partial charge in [-0.15, -0.1) is 0 Å². The summed E-state index contributed by atoms with van der Waals surface area (Å²) >= 11 is 0. The lowest BCUT2D eigenvalue weighted by atomic mass is 9.74. The summed E-state index contributed by atoms with van der Waals surface area (Å²) in [6.07, 6.45) is 3.95. The number of phenolic OH excluding ortho intramolecular Hbond substituents is 2. The molecule has 0 radical (unpaired) electrons. The van der Waals surface area contributed by atoms with E-state index in [2.05, 4.69) is 6.58 Å². The van der Waals surface area contributed by atoms with Gasteiger partial charge in [0.15, 0.2) is 0 Å². The first-order chi connectivity index (χ1) is 8.90. The number of hydrogen-bond donors (Lipinski definition) is 2. The molecule has 19 heavy (non-hydrogen) atoms. The van der Waals surface area contributed by atoms with Gasteiger partial charge in [0.25, 0.3) is 0 Å². The largest absolute Gasteiger partial charge is 0.507 e. The summed E-state index contributed by atoms with van der Waals surface area (Å²) < 4.78 is 13.2. The lowest BCUT2D eigenvalue weighted by Gasteiger charge is -2.31. The molecule has 0 saturated carbocycles. The Bertz CT molecular complexity index is 523. The topological polar surface area (TPSA) is 40.5 Å². The molecule has 0 spiro atoms. The van der Waals surface area contributed by atoms with Gasteiger partial charge in [-0.25, -0.2) is 4.39 Å². The molecule has 2 atom stereocenters. The van der Waals surface area contributed by atoms with Crippen molar-refractivity contribution >= 4 is 0 Å². The third kappa shape index (κ3) is 2.65. The molecule has 0 bridgehead atoms. The summed E-state index contributed by atoms with van der Waals surface area (Å²) in [4.78, 5) is 0. The van der Waals surface area contributed by atoms with Crippen molar-refractivity contribution in [2.75, 3.05) is 0 Å². The van der Waals surface area contributed by atoms with Crippen LogP contribution in [0.25, 0.3) is 0 Å². The van der Waals surface area contributed by atoms with Gasteiger partial charge in [-0.2, -0.15) is 0 Å². The minimum atomic E-state index is -0.637. The Labute approximate surface area is 112 Å². The summed E-state index contributed by atoms with van der Waals surface area (Å²) in [5.41, 5.74) is 2.62. The number of allylic oxidation sites excluding steroid dienone is 3. The van der Waals surface area contributed by atoms with Crippen molar-refractivity contribution in [3.05, 3.63) is 47.3 Å². The van der Waals surface area contributed by atoms with Crippen molar-refractivity contribution in [2.24, 2.45) is 5.92 Å². The lowest BCUT2D eigenvalue weighted by Crippen LogP contribution is -2.17. The number of phenols is 2. The van der Waals surface area contributed by atoms with Gasteiger partial charge >= 0.3 is 0 Å². The Morgan fingerprint density at radius 3 is 2.42 bits per heavy atom. The minimum Gasteiger partial charge on any atom is -0.507 e. The second kappa shape index (κ2) is 5.08. The molecule has 0 saturated heterocycles. The third-order valence-electron chi connectivity index (χ3n) is 3.81. The van der Waals surface area contributed by atoms with E-state index in [1.165, 1.54) is 5.57 Å². The number of halogens is 1. The Morgan fingerprint density at radius 1 is 1.32 bits per heavy atom.